The van der Waals surface area contributed by atoms with Crippen LogP contribution in [0.4, 0.5) is 5.69 Å². The predicted octanol–water partition coefficient (Wildman–Crippen LogP) is 6.13. The molecular formula is C27H27N3O3. The van der Waals surface area contributed by atoms with Gasteiger partial charge in [0.1, 0.15) is 17.8 Å². The summed E-state index contributed by atoms with van der Waals surface area (Å²) in [6.45, 7) is 6.50. The summed E-state index contributed by atoms with van der Waals surface area (Å²) in [5.74, 6) is 1.57. The predicted molar refractivity (Wildman–Crippen MR) is 130 cm³/mol. The fraction of sp³-hybridized carbons (Fsp3) is 0.222. The third-order valence-corrected chi connectivity index (χ3v) is 5.74. The average molecular weight is 442 g/mol. The SMILES string of the molecule is CCC(C)(C)c1ccc(Oc2ccc(NC(=O)COc3ncnc4ccccc34)cc2)cc1. The van der Waals surface area contributed by atoms with Gasteiger partial charge in [-0.15, -0.1) is 0 Å². The van der Waals surface area contributed by atoms with E-state index in [4.69, 9.17) is 9.47 Å². The van der Waals surface area contributed by atoms with Gasteiger partial charge in [-0.1, -0.05) is 45.0 Å². The molecule has 0 aliphatic heterocycles. The van der Waals surface area contributed by atoms with Crippen LogP contribution in [0.2, 0.25) is 0 Å². The lowest BCUT2D eigenvalue weighted by molar-refractivity contribution is -0.118. The van der Waals surface area contributed by atoms with E-state index in [0.29, 0.717) is 17.3 Å². The zero-order valence-corrected chi connectivity index (χ0v) is 19.0. The van der Waals surface area contributed by atoms with Crippen LogP contribution in [0, 0.1) is 0 Å². The molecule has 4 aromatic rings. The molecule has 0 unspecified atom stereocenters. The quantitative estimate of drug-likeness (QED) is 0.356. The van der Waals surface area contributed by atoms with E-state index in [1.807, 2.05) is 48.5 Å². The van der Waals surface area contributed by atoms with E-state index in [1.54, 1.807) is 12.1 Å². The van der Waals surface area contributed by atoms with Crippen LogP contribution in [0.3, 0.4) is 0 Å². The minimum absolute atomic E-state index is 0.142. The van der Waals surface area contributed by atoms with Gasteiger partial charge >= 0.3 is 0 Å². The highest BCUT2D eigenvalue weighted by Crippen LogP contribution is 2.30. The molecule has 0 fully saturated rings. The van der Waals surface area contributed by atoms with Gasteiger partial charge in [0.05, 0.1) is 10.9 Å². The van der Waals surface area contributed by atoms with Crippen molar-refractivity contribution >= 4 is 22.5 Å². The van der Waals surface area contributed by atoms with E-state index in [9.17, 15) is 4.79 Å². The van der Waals surface area contributed by atoms with Crippen LogP contribution in [0.5, 0.6) is 17.4 Å². The number of fused-ring (bicyclic) bond motifs is 1. The Balaban J connectivity index is 1.32. The van der Waals surface area contributed by atoms with Crippen LogP contribution in [0.1, 0.15) is 32.8 Å². The highest BCUT2D eigenvalue weighted by molar-refractivity contribution is 5.92. The lowest BCUT2D eigenvalue weighted by atomic mass is 9.82. The second kappa shape index (κ2) is 9.69. The highest BCUT2D eigenvalue weighted by atomic mass is 16.5. The number of aromatic nitrogens is 2. The molecule has 1 heterocycles. The second-order valence-electron chi connectivity index (χ2n) is 8.42. The maximum absolute atomic E-state index is 12.3. The Morgan fingerprint density at radius 2 is 1.58 bits per heavy atom. The first-order chi connectivity index (χ1) is 15.9. The van der Waals surface area contributed by atoms with Gasteiger partial charge in [-0.05, 0) is 65.9 Å². The molecule has 6 heteroatoms. The number of hydrogen-bond acceptors (Lipinski definition) is 5. The number of rotatable bonds is 8. The molecule has 0 radical (unpaired) electrons. The molecule has 4 rings (SSSR count). The summed E-state index contributed by atoms with van der Waals surface area (Å²) in [7, 11) is 0. The molecule has 0 saturated carbocycles. The van der Waals surface area contributed by atoms with Crippen LogP contribution in [-0.4, -0.2) is 22.5 Å². The summed E-state index contributed by atoms with van der Waals surface area (Å²) in [5.41, 5.74) is 2.85. The molecule has 168 valence electrons. The van der Waals surface area contributed by atoms with Crippen molar-refractivity contribution in [2.45, 2.75) is 32.6 Å². The molecule has 33 heavy (non-hydrogen) atoms. The van der Waals surface area contributed by atoms with Crippen molar-refractivity contribution in [3.63, 3.8) is 0 Å². The standard InChI is InChI=1S/C27H27N3O3/c1-4-27(2,3)19-9-13-21(14-10-19)33-22-15-11-20(12-16-22)30-25(31)17-32-26-23-7-5-6-8-24(23)28-18-29-26/h5-16,18H,4,17H2,1-3H3,(H,30,31). The molecule has 1 aromatic heterocycles. The van der Waals surface area contributed by atoms with Crippen molar-refractivity contribution in [3.05, 3.63) is 84.7 Å². The van der Waals surface area contributed by atoms with Gasteiger partial charge in [-0.3, -0.25) is 4.79 Å². The molecule has 1 N–H and O–H groups in total. The Labute approximate surface area is 193 Å². The van der Waals surface area contributed by atoms with Gasteiger partial charge in [0.15, 0.2) is 6.61 Å². The maximum Gasteiger partial charge on any atom is 0.262 e. The first-order valence-corrected chi connectivity index (χ1v) is 11.0. The lowest BCUT2D eigenvalue weighted by Crippen LogP contribution is -2.20. The number of carbonyl (C=O) groups excluding carboxylic acids is 1. The van der Waals surface area contributed by atoms with Crippen molar-refractivity contribution < 1.29 is 14.3 Å². The molecule has 1 amide bonds. The van der Waals surface area contributed by atoms with E-state index >= 15 is 0 Å². The number of ether oxygens (including phenoxy) is 2. The van der Waals surface area contributed by atoms with Crippen molar-refractivity contribution in [2.75, 3.05) is 11.9 Å². The molecule has 0 saturated heterocycles. The normalized spacial score (nSPS) is 11.2. The third kappa shape index (κ3) is 5.47. The van der Waals surface area contributed by atoms with Crippen LogP contribution < -0.4 is 14.8 Å². The zero-order chi connectivity index (χ0) is 23.3. The minimum Gasteiger partial charge on any atom is -0.467 e. The van der Waals surface area contributed by atoms with Gasteiger partial charge < -0.3 is 14.8 Å². The molecule has 6 nitrogen and oxygen atoms in total. The van der Waals surface area contributed by atoms with Gasteiger partial charge in [0.25, 0.3) is 5.91 Å². The van der Waals surface area contributed by atoms with Crippen molar-refractivity contribution in [2.24, 2.45) is 0 Å². The summed E-state index contributed by atoms with van der Waals surface area (Å²) < 4.78 is 11.5. The van der Waals surface area contributed by atoms with E-state index in [1.165, 1.54) is 11.9 Å². The second-order valence-corrected chi connectivity index (χ2v) is 8.42. The largest absolute Gasteiger partial charge is 0.467 e. The lowest BCUT2D eigenvalue weighted by Gasteiger charge is -2.23. The summed E-state index contributed by atoms with van der Waals surface area (Å²) in [6, 6.07) is 22.9. The average Bonchev–Trinajstić information content (AvgIpc) is 2.84. The van der Waals surface area contributed by atoms with Gasteiger partial charge in [0.2, 0.25) is 5.88 Å². The molecular weight excluding hydrogens is 414 g/mol. The number of nitrogens with zero attached hydrogens (tertiary/aromatic N) is 2. The summed E-state index contributed by atoms with van der Waals surface area (Å²) in [6.07, 6.45) is 2.49. The van der Waals surface area contributed by atoms with Gasteiger partial charge in [-0.25, -0.2) is 9.97 Å². The first kappa shape index (κ1) is 22.3. The summed E-state index contributed by atoms with van der Waals surface area (Å²) in [4.78, 5) is 20.6. The number of nitrogens with one attached hydrogen (secondary N) is 1. The Morgan fingerprint density at radius 1 is 0.909 bits per heavy atom. The van der Waals surface area contributed by atoms with Gasteiger partial charge in [-0.2, -0.15) is 0 Å². The van der Waals surface area contributed by atoms with Crippen LogP contribution >= 0.6 is 0 Å². The van der Waals surface area contributed by atoms with Crippen molar-refractivity contribution in [1.82, 2.24) is 9.97 Å². The van der Waals surface area contributed by atoms with Crippen LogP contribution in [0.15, 0.2) is 79.1 Å². The van der Waals surface area contributed by atoms with Crippen LogP contribution in [0.25, 0.3) is 10.9 Å². The number of anilines is 1. The highest BCUT2D eigenvalue weighted by Gasteiger charge is 2.17. The first-order valence-electron chi connectivity index (χ1n) is 11.0. The third-order valence-electron chi connectivity index (χ3n) is 5.74. The molecule has 0 aliphatic rings. The fourth-order valence-electron chi connectivity index (χ4n) is 3.35. The van der Waals surface area contributed by atoms with E-state index in [-0.39, 0.29) is 17.9 Å². The fourth-order valence-corrected chi connectivity index (χ4v) is 3.35. The van der Waals surface area contributed by atoms with E-state index < -0.39 is 0 Å². The van der Waals surface area contributed by atoms with Gasteiger partial charge in [0, 0.05) is 5.69 Å². The molecule has 0 atom stereocenters. The number of carbonyl (C=O) groups is 1. The Bertz CT molecular complexity index is 1230. The topological polar surface area (TPSA) is 73.3 Å². The molecule has 0 aliphatic carbocycles. The van der Waals surface area contributed by atoms with Crippen LogP contribution in [-0.2, 0) is 10.2 Å². The number of benzene rings is 3. The monoisotopic (exact) mass is 441 g/mol. The Morgan fingerprint density at radius 3 is 2.27 bits per heavy atom. The summed E-state index contributed by atoms with van der Waals surface area (Å²) >= 11 is 0. The zero-order valence-electron chi connectivity index (χ0n) is 19.0. The number of amides is 1. The molecule has 0 spiro atoms. The summed E-state index contributed by atoms with van der Waals surface area (Å²) in [5, 5.41) is 3.58. The smallest absolute Gasteiger partial charge is 0.262 e. The van der Waals surface area contributed by atoms with E-state index in [2.05, 4.69) is 48.2 Å². The molecule has 3 aromatic carbocycles. The van der Waals surface area contributed by atoms with Crippen molar-refractivity contribution in [3.8, 4) is 17.4 Å². The molecule has 0 bridgehead atoms. The van der Waals surface area contributed by atoms with E-state index in [0.717, 1.165) is 23.1 Å². The number of para-hydroxylation sites is 1. The Kier molecular flexibility index (Phi) is 6.54. The minimum atomic E-state index is -0.277. The maximum atomic E-state index is 12.3. The number of hydrogen-bond donors (Lipinski definition) is 1. The Hall–Kier alpha value is -3.93. The van der Waals surface area contributed by atoms with Crippen molar-refractivity contribution in [1.29, 1.82) is 0 Å².